The van der Waals surface area contributed by atoms with Crippen molar-refractivity contribution in [3.8, 4) is 11.4 Å². The van der Waals surface area contributed by atoms with Crippen molar-refractivity contribution < 1.29 is 4.42 Å². The number of halogens is 2. The van der Waals surface area contributed by atoms with Crippen LogP contribution in [0, 0.1) is 0 Å². The number of fused-ring (bicyclic) bond motifs is 2. The minimum atomic E-state index is -0.489. The number of hydrogen-bond donors (Lipinski definition) is 1. The van der Waals surface area contributed by atoms with Gasteiger partial charge in [0.25, 0.3) is 0 Å². The molecule has 29 heavy (non-hydrogen) atoms. The molecule has 0 bridgehead atoms. The molecule has 0 amide bonds. The van der Waals surface area contributed by atoms with Gasteiger partial charge in [-0.25, -0.2) is 9.78 Å². The first kappa shape index (κ1) is 18.0. The Balaban J connectivity index is 1.64. The third-order valence-corrected chi connectivity index (χ3v) is 5.49. The Morgan fingerprint density at radius 3 is 2.55 bits per heavy atom. The van der Waals surface area contributed by atoms with Gasteiger partial charge in [0.1, 0.15) is 11.4 Å². The number of H-pyrrole nitrogens is 1. The molecule has 0 atom stereocenters. The van der Waals surface area contributed by atoms with Gasteiger partial charge < -0.3 is 9.40 Å². The van der Waals surface area contributed by atoms with Gasteiger partial charge in [-0.05, 0) is 53.9 Å². The van der Waals surface area contributed by atoms with Gasteiger partial charge in [-0.2, -0.15) is 0 Å². The van der Waals surface area contributed by atoms with E-state index in [1.807, 2.05) is 54.6 Å². The molecule has 0 fully saturated rings. The van der Waals surface area contributed by atoms with Crippen LogP contribution in [0.4, 0.5) is 0 Å². The van der Waals surface area contributed by atoms with Gasteiger partial charge >= 0.3 is 5.63 Å². The summed E-state index contributed by atoms with van der Waals surface area (Å²) in [7, 11) is 0. The minimum Gasteiger partial charge on any atom is -0.421 e. The van der Waals surface area contributed by atoms with Gasteiger partial charge in [0.2, 0.25) is 0 Å². The Kier molecular flexibility index (Phi) is 4.38. The van der Waals surface area contributed by atoms with Crippen molar-refractivity contribution in [1.29, 1.82) is 0 Å². The molecule has 0 aliphatic rings. The van der Waals surface area contributed by atoms with Gasteiger partial charge in [0.05, 0.1) is 16.1 Å². The molecule has 0 spiro atoms. The smallest absolute Gasteiger partial charge is 0.347 e. The zero-order chi connectivity index (χ0) is 20.0. The van der Waals surface area contributed by atoms with Crippen molar-refractivity contribution in [2.75, 3.05) is 0 Å². The molecule has 5 rings (SSSR count). The number of rotatable bonds is 3. The molecular weight excluding hydrogens is 407 g/mol. The van der Waals surface area contributed by atoms with Crippen LogP contribution in [0.5, 0.6) is 0 Å². The first-order chi connectivity index (χ1) is 14.1. The Labute approximate surface area is 175 Å². The summed E-state index contributed by atoms with van der Waals surface area (Å²) >= 11 is 12.7. The van der Waals surface area contributed by atoms with E-state index in [4.69, 9.17) is 27.6 Å². The summed E-state index contributed by atoms with van der Waals surface area (Å²) in [6.07, 6.45) is 0.619. The second kappa shape index (κ2) is 7.07. The quantitative estimate of drug-likeness (QED) is 0.351. The number of imidazole rings is 1. The number of nitrogens with one attached hydrogen (secondary N) is 1. The van der Waals surface area contributed by atoms with Gasteiger partial charge in [-0.15, -0.1) is 0 Å². The molecule has 0 aliphatic carbocycles. The number of hydrogen-bond acceptors (Lipinski definition) is 3. The molecule has 0 saturated heterocycles. The summed E-state index contributed by atoms with van der Waals surface area (Å²) < 4.78 is 5.53. The molecule has 5 aromatic rings. The fourth-order valence-electron chi connectivity index (χ4n) is 3.46. The van der Waals surface area contributed by atoms with Crippen molar-refractivity contribution in [3.05, 3.63) is 98.3 Å². The lowest BCUT2D eigenvalue weighted by Crippen LogP contribution is -2.04. The van der Waals surface area contributed by atoms with E-state index in [9.17, 15) is 4.79 Å². The maximum atomic E-state index is 12.6. The lowest BCUT2D eigenvalue weighted by atomic mass is 10.0. The lowest BCUT2D eigenvalue weighted by Gasteiger charge is -2.08. The predicted molar refractivity (Wildman–Crippen MR) is 117 cm³/mol. The molecule has 0 unspecified atom stereocenters. The first-order valence-corrected chi connectivity index (χ1v) is 9.79. The molecule has 2 aromatic heterocycles. The highest BCUT2D eigenvalue weighted by Gasteiger charge is 2.15. The Bertz CT molecular complexity index is 1400. The molecule has 4 nitrogen and oxygen atoms in total. The topological polar surface area (TPSA) is 58.9 Å². The third-order valence-electron chi connectivity index (χ3n) is 4.84. The number of aromatic amines is 1. The molecule has 2 heterocycles. The van der Waals surface area contributed by atoms with E-state index in [2.05, 4.69) is 9.97 Å². The number of nitrogens with zero attached hydrogens (tertiary/aromatic N) is 1. The van der Waals surface area contributed by atoms with Crippen LogP contribution in [0.15, 0.2) is 75.9 Å². The fourth-order valence-corrected chi connectivity index (χ4v) is 3.95. The Morgan fingerprint density at radius 1 is 0.931 bits per heavy atom. The van der Waals surface area contributed by atoms with Crippen LogP contribution in [-0.2, 0) is 6.42 Å². The van der Waals surface area contributed by atoms with Crippen LogP contribution in [0.2, 0.25) is 10.0 Å². The van der Waals surface area contributed by atoms with Crippen molar-refractivity contribution in [3.63, 3.8) is 0 Å². The van der Waals surface area contributed by atoms with Crippen LogP contribution < -0.4 is 5.63 Å². The van der Waals surface area contributed by atoms with Gasteiger partial charge in [-0.1, -0.05) is 53.5 Å². The molecular formula is C23H14Cl2N2O2. The second-order valence-electron chi connectivity index (χ2n) is 6.81. The highest BCUT2D eigenvalue weighted by molar-refractivity contribution is 6.35. The summed E-state index contributed by atoms with van der Waals surface area (Å²) in [6.45, 7) is 0. The predicted octanol–water partition coefficient (Wildman–Crippen LogP) is 6.23. The molecule has 3 aromatic carbocycles. The molecule has 0 saturated carbocycles. The largest absolute Gasteiger partial charge is 0.421 e. The lowest BCUT2D eigenvalue weighted by molar-refractivity contribution is 0.563. The summed E-state index contributed by atoms with van der Waals surface area (Å²) in [5, 5.41) is 1.82. The first-order valence-electron chi connectivity index (χ1n) is 9.03. The minimum absolute atomic E-state index is 0.361. The van der Waals surface area contributed by atoms with E-state index in [-0.39, 0.29) is 0 Å². The standard InChI is InChI=1S/C23H14Cl2N2O2/c24-17-6-2-1-5-14(17)9-13-10-15-12-16(23(28)29-21(15)18(25)11-13)22-26-19-7-3-4-8-20(19)27-22/h1-8,10-12H,9H2,(H,26,27). The molecule has 0 radical (unpaired) electrons. The maximum Gasteiger partial charge on any atom is 0.347 e. The maximum absolute atomic E-state index is 12.6. The van der Waals surface area contributed by atoms with Crippen LogP contribution >= 0.6 is 23.2 Å². The Hall–Kier alpha value is -3.08. The SMILES string of the molecule is O=c1oc2c(Cl)cc(Cc3ccccc3Cl)cc2cc1-c1nc2ccccc2[nH]1. The van der Waals surface area contributed by atoms with Gasteiger partial charge in [0, 0.05) is 10.4 Å². The van der Waals surface area contributed by atoms with Crippen LogP contribution in [0.1, 0.15) is 11.1 Å². The van der Waals surface area contributed by atoms with Crippen molar-refractivity contribution in [1.82, 2.24) is 9.97 Å². The van der Waals surface area contributed by atoms with Crippen LogP contribution in [0.3, 0.4) is 0 Å². The molecule has 142 valence electrons. The molecule has 1 N–H and O–H groups in total. The zero-order valence-corrected chi connectivity index (χ0v) is 16.6. The van der Waals surface area contributed by atoms with E-state index >= 15 is 0 Å². The van der Waals surface area contributed by atoms with Crippen molar-refractivity contribution in [2.45, 2.75) is 6.42 Å². The summed E-state index contributed by atoms with van der Waals surface area (Å²) in [4.78, 5) is 20.3. The van der Waals surface area contributed by atoms with Crippen molar-refractivity contribution >= 4 is 45.2 Å². The highest BCUT2D eigenvalue weighted by atomic mass is 35.5. The molecule has 0 aliphatic heterocycles. The average Bonchev–Trinajstić information content (AvgIpc) is 3.14. The zero-order valence-electron chi connectivity index (χ0n) is 15.1. The van der Waals surface area contributed by atoms with E-state index in [0.29, 0.717) is 33.4 Å². The third kappa shape index (κ3) is 3.31. The summed E-state index contributed by atoms with van der Waals surface area (Å²) in [5.41, 5.74) is 3.84. The van der Waals surface area contributed by atoms with Gasteiger partial charge in [-0.3, -0.25) is 0 Å². The summed E-state index contributed by atoms with van der Waals surface area (Å²) in [5.74, 6) is 0.467. The summed E-state index contributed by atoms with van der Waals surface area (Å²) in [6, 6.07) is 20.8. The highest BCUT2D eigenvalue weighted by Crippen LogP contribution is 2.29. The van der Waals surface area contributed by atoms with Crippen molar-refractivity contribution in [2.24, 2.45) is 0 Å². The monoisotopic (exact) mass is 420 g/mol. The fraction of sp³-hybridized carbons (Fsp3) is 0.0435. The average molecular weight is 421 g/mol. The van der Waals surface area contributed by atoms with Gasteiger partial charge in [0.15, 0.2) is 5.58 Å². The van der Waals surface area contributed by atoms with Crippen LogP contribution in [0.25, 0.3) is 33.4 Å². The molecule has 6 heteroatoms. The number of aromatic nitrogens is 2. The second-order valence-corrected chi connectivity index (χ2v) is 7.63. The normalized spacial score (nSPS) is 11.4. The van der Waals surface area contributed by atoms with Crippen LogP contribution in [-0.4, -0.2) is 9.97 Å². The number of para-hydroxylation sites is 2. The van der Waals surface area contributed by atoms with E-state index < -0.39 is 5.63 Å². The van der Waals surface area contributed by atoms with E-state index in [1.165, 1.54) is 0 Å². The Morgan fingerprint density at radius 2 is 1.72 bits per heavy atom. The van der Waals surface area contributed by atoms with E-state index in [0.717, 1.165) is 27.5 Å². The number of benzene rings is 3. The van der Waals surface area contributed by atoms with E-state index in [1.54, 1.807) is 12.1 Å².